The first-order valence-electron chi connectivity index (χ1n) is 5.88. The molecule has 1 fully saturated rings. The highest BCUT2D eigenvalue weighted by molar-refractivity contribution is 7.98. The van der Waals surface area contributed by atoms with Crippen LogP contribution in [0.15, 0.2) is 0 Å². The van der Waals surface area contributed by atoms with Crippen molar-refractivity contribution in [3.05, 3.63) is 0 Å². The number of nitrogens with two attached hydrogens (primary N) is 1. The number of amides is 1. The number of carbonyl (C=O) groups excluding carboxylic acids is 1. The molecule has 16 heavy (non-hydrogen) atoms. The molecule has 94 valence electrons. The van der Waals surface area contributed by atoms with E-state index in [2.05, 4.69) is 5.32 Å². The maximum absolute atomic E-state index is 11.7. The molecular weight excluding hydrogens is 224 g/mol. The summed E-state index contributed by atoms with van der Waals surface area (Å²) < 4.78 is 0. The summed E-state index contributed by atoms with van der Waals surface area (Å²) >= 11 is 1.68. The molecule has 0 heterocycles. The van der Waals surface area contributed by atoms with Crippen LogP contribution in [0.2, 0.25) is 0 Å². The maximum Gasteiger partial charge on any atom is 0.237 e. The van der Waals surface area contributed by atoms with Gasteiger partial charge in [-0.15, -0.1) is 0 Å². The lowest BCUT2D eigenvalue weighted by atomic mass is 9.92. The molecule has 0 aliphatic heterocycles. The Morgan fingerprint density at radius 3 is 2.88 bits per heavy atom. The monoisotopic (exact) mass is 246 g/mol. The van der Waals surface area contributed by atoms with Crippen LogP contribution in [-0.2, 0) is 4.79 Å². The summed E-state index contributed by atoms with van der Waals surface area (Å²) in [5.74, 6) is 0.766. The van der Waals surface area contributed by atoms with E-state index in [4.69, 9.17) is 5.73 Å². The van der Waals surface area contributed by atoms with Crippen molar-refractivity contribution in [3.63, 3.8) is 0 Å². The Balaban J connectivity index is 2.31. The van der Waals surface area contributed by atoms with Crippen molar-refractivity contribution in [3.8, 4) is 0 Å². The molecule has 0 aromatic rings. The van der Waals surface area contributed by atoms with E-state index in [1.807, 2.05) is 6.26 Å². The van der Waals surface area contributed by atoms with Gasteiger partial charge in [-0.2, -0.15) is 11.8 Å². The van der Waals surface area contributed by atoms with Gasteiger partial charge in [0.1, 0.15) is 0 Å². The highest BCUT2D eigenvalue weighted by Gasteiger charge is 2.26. The van der Waals surface area contributed by atoms with Crippen LogP contribution in [0.4, 0.5) is 0 Å². The Kier molecular flexibility index (Phi) is 6.16. The Labute approximate surface area is 101 Å². The lowest BCUT2D eigenvalue weighted by molar-refractivity contribution is -0.124. The van der Waals surface area contributed by atoms with Gasteiger partial charge in [-0.05, 0) is 31.3 Å². The molecule has 2 unspecified atom stereocenters. The Morgan fingerprint density at radius 2 is 2.25 bits per heavy atom. The van der Waals surface area contributed by atoms with E-state index in [1.165, 1.54) is 0 Å². The number of carbonyl (C=O) groups is 1. The summed E-state index contributed by atoms with van der Waals surface area (Å²) in [6, 6.07) is -0.539. The molecule has 1 aliphatic rings. The van der Waals surface area contributed by atoms with Crippen LogP contribution in [0, 0.1) is 0 Å². The number of hydrogen-bond acceptors (Lipinski definition) is 4. The molecule has 3 atom stereocenters. The molecule has 1 amide bonds. The quantitative estimate of drug-likeness (QED) is 0.660. The fraction of sp³-hybridized carbons (Fsp3) is 0.909. The molecule has 0 bridgehead atoms. The van der Waals surface area contributed by atoms with Crippen molar-refractivity contribution in [2.75, 3.05) is 12.0 Å². The van der Waals surface area contributed by atoms with Crippen LogP contribution in [-0.4, -0.2) is 41.2 Å². The normalized spacial score (nSPS) is 27.4. The van der Waals surface area contributed by atoms with Crippen LogP contribution in [0.25, 0.3) is 0 Å². The second kappa shape index (κ2) is 7.14. The summed E-state index contributed by atoms with van der Waals surface area (Å²) in [5.41, 5.74) is 5.76. The summed E-state index contributed by atoms with van der Waals surface area (Å²) in [6.07, 6.45) is 6.05. The Hall–Kier alpha value is -0.260. The van der Waals surface area contributed by atoms with Gasteiger partial charge in [-0.3, -0.25) is 4.79 Å². The molecule has 0 saturated heterocycles. The van der Waals surface area contributed by atoms with Gasteiger partial charge in [0.2, 0.25) is 5.91 Å². The summed E-state index contributed by atoms with van der Waals surface area (Å²) in [7, 11) is 0. The molecule has 5 heteroatoms. The van der Waals surface area contributed by atoms with Gasteiger partial charge >= 0.3 is 0 Å². The molecule has 4 N–H and O–H groups in total. The Morgan fingerprint density at radius 1 is 1.56 bits per heavy atom. The van der Waals surface area contributed by atoms with Crippen molar-refractivity contribution >= 4 is 17.7 Å². The number of aliphatic hydroxyl groups is 1. The minimum atomic E-state index is -0.443. The molecule has 0 radical (unpaired) electrons. The van der Waals surface area contributed by atoms with Crippen molar-refractivity contribution in [2.45, 2.75) is 50.3 Å². The fourth-order valence-corrected chi connectivity index (χ4v) is 2.43. The lowest BCUT2D eigenvalue weighted by Crippen LogP contribution is -2.50. The third kappa shape index (κ3) is 4.31. The van der Waals surface area contributed by atoms with E-state index in [0.29, 0.717) is 6.42 Å². The Bertz CT molecular complexity index is 226. The minimum Gasteiger partial charge on any atom is -0.391 e. The first-order chi connectivity index (χ1) is 7.65. The predicted octanol–water partition coefficient (Wildman–Crippen LogP) is 0.486. The van der Waals surface area contributed by atoms with Gasteiger partial charge in [-0.1, -0.05) is 12.8 Å². The summed E-state index contributed by atoms with van der Waals surface area (Å²) in [4.78, 5) is 11.7. The number of thioether (sulfide) groups is 1. The maximum atomic E-state index is 11.7. The average Bonchev–Trinajstić information content (AvgIpc) is 2.28. The van der Waals surface area contributed by atoms with Crippen LogP contribution >= 0.6 is 11.8 Å². The second-order valence-electron chi connectivity index (χ2n) is 4.35. The van der Waals surface area contributed by atoms with E-state index in [0.717, 1.165) is 31.4 Å². The largest absolute Gasteiger partial charge is 0.391 e. The lowest BCUT2D eigenvalue weighted by Gasteiger charge is -2.29. The summed E-state index contributed by atoms with van der Waals surface area (Å²) in [5, 5.41) is 12.6. The van der Waals surface area contributed by atoms with Gasteiger partial charge in [0, 0.05) is 0 Å². The van der Waals surface area contributed by atoms with Gasteiger partial charge in [-0.25, -0.2) is 0 Å². The van der Waals surface area contributed by atoms with Gasteiger partial charge in [0.15, 0.2) is 0 Å². The van der Waals surface area contributed by atoms with Crippen molar-refractivity contribution < 1.29 is 9.90 Å². The number of hydrogen-bond donors (Lipinski definition) is 3. The first kappa shape index (κ1) is 13.8. The minimum absolute atomic E-state index is 0.0958. The third-order valence-electron chi connectivity index (χ3n) is 3.03. The standard InChI is InChI=1S/C11H22N2O2S/c1-16-7-6-8(12)11(15)13-9-4-2-3-5-10(9)14/h8-10,14H,2-7,12H2,1H3,(H,13,15)/t8-,9?,10?/m1/s1. The topological polar surface area (TPSA) is 75.4 Å². The van der Waals surface area contributed by atoms with Gasteiger partial charge in [0.25, 0.3) is 0 Å². The molecule has 1 aliphatic carbocycles. The van der Waals surface area contributed by atoms with E-state index in [9.17, 15) is 9.90 Å². The highest BCUT2D eigenvalue weighted by atomic mass is 32.2. The first-order valence-corrected chi connectivity index (χ1v) is 7.27. The zero-order chi connectivity index (χ0) is 12.0. The number of aliphatic hydroxyl groups excluding tert-OH is 1. The van der Waals surface area contributed by atoms with Crippen LogP contribution in [0.1, 0.15) is 32.1 Å². The van der Waals surface area contributed by atoms with Crippen LogP contribution in [0.3, 0.4) is 0 Å². The number of rotatable bonds is 5. The molecule has 1 saturated carbocycles. The fourth-order valence-electron chi connectivity index (χ4n) is 1.95. The van der Waals surface area contributed by atoms with E-state index < -0.39 is 12.1 Å². The predicted molar refractivity (Wildman–Crippen MR) is 67.4 cm³/mol. The molecule has 0 aromatic carbocycles. The van der Waals surface area contributed by atoms with E-state index in [-0.39, 0.29) is 11.9 Å². The van der Waals surface area contributed by atoms with E-state index in [1.54, 1.807) is 11.8 Å². The highest BCUT2D eigenvalue weighted by Crippen LogP contribution is 2.18. The molecule has 0 aromatic heterocycles. The SMILES string of the molecule is CSCC[C@@H](N)C(=O)NC1CCCCC1O. The van der Waals surface area contributed by atoms with Gasteiger partial charge in [0.05, 0.1) is 18.2 Å². The van der Waals surface area contributed by atoms with Crippen molar-refractivity contribution in [1.29, 1.82) is 0 Å². The smallest absolute Gasteiger partial charge is 0.237 e. The van der Waals surface area contributed by atoms with Crippen LogP contribution < -0.4 is 11.1 Å². The number of nitrogens with one attached hydrogen (secondary N) is 1. The van der Waals surface area contributed by atoms with E-state index >= 15 is 0 Å². The second-order valence-corrected chi connectivity index (χ2v) is 5.34. The van der Waals surface area contributed by atoms with Gasteiger partial charge < -0.3 is 16.2 Å². The average molecular weight is 246 g/mol. The zero-order valence-corrected chi connectivity index (χ0v) is 10.6. The molecular formula is C11H22N2O2S. The third-order valence-corrected chi connectivity index (χ3v) is 3.67. The van der Waals surface area contributed by atoms with Crippen LogP contribution in [0.5, 0.6) is 0 Å². The van der Waals surface area contributed by atoms with Crippen molar-refractivity contribution in [1.82, 2.24) is 5.32 Å². The molecule has 0 spiro atoms. The zero-order valence-electron chi connectivity index (χ0n) is 9.82. The van der Waals surface area contributed by atoms with Crippen molar-refractivity contribution in [2.24, 2.45) is 5.73 Å². The summed E-state index contributed by atoms with van der Waals surface area (Å²) in [6.45, 7) is 0. The molecule has 1 rings (SSSR count). The molecule has 4 nitrogen and oxygen atoms in total.